The molecule has 3 aromatic rings. The Labute approximate surface area is 243 Å². The lowest BCUT2D eigenvalue weighted by molar-refractivity contribution is -0.149. The third-order valence-corrected chi connectivity index (χ3v) is 7.61. The number of rotatable bonds is 11. The molecule has 13 heteroatoms. The maximum Gasteiger partial charge on any atom is 0.416 e. The molecule has 0 bridgehead atoms. The van der Waals surface area contributed by atoms with Crippen LogP contribution < -0.4 is 11.0 Å². The molecule has 2 saturated carbocycles. The van der Waals surface area contributed by atoms with Gasteiger partial charge in [0.15, 0.2) is 11.6 Å². The second kappa shape index (κ2) is 11.4. The molecule has 5 rings (SSSR count). The van der Waals surface area contributed by atoms with Gasteiger partial charge in [0.2, 0.25) is 5.91 Å². The predicted octanol–water partition coefficient (Wildman–Crippen LogP) is 4.67. The summed E-state index contributed by atoms with van der Waals surface area (Å²) in [7, 11) is 0. The average molecular weight is 605 g/mol. The minimum Gasteiger partial charge on any atom is -0.464 e. The molecule has 1 atom stereocenters. The molecule has 0 radical (unpaired) electrons. The van der Waals surface area contributed by atoms with Crippen LogP contribution in [0.4, 0.5) is 13.2 Å². The summed E-state index contributed by atoms with van der Waals surface area (Å²) in [5.41, 5.74) is -2.18. The largest absolute Gasteiger partial charge is 0.464 e. The normalized spacial score (nSPS) is 16.5. The zero-order valence-corrected chi connectivity index (χ0v) is 23.4. The second-order valence-electron chi connectivity index (χ2n) is 10.6. The fraction of sp³-hybridized carbons (Fsp3) is 0.414. The molecule has 0 saturated heterocycles. The van der Waals surface area contributed by atoms with E-state index in [1.165, 1.54) is 10.6 Å². The van der Waals surface area contributed by atoms with E-state index in [0.29, 0.717) is 29.3 Å². The van der Waals surface area contributed by atoms with Gasteiger partial charge in [-0.2, -0.15) is 13.2 Å². The van der Waals surface area contributed by atoms with Gasteiger partial charge in [-0.3, -0.25) is 14.2 Å². The van der Waals surface area contributed by atoms with Crippen molar-refractivity contribution in [2.45, 2.75) is 69.2 Å². The Morgan fingerprint density at radius 1 is 1.14 bits per heavy atom. The Balaban J connectivity index is 1.42. The first kappa shape index (κ1) is 29.6. The van der Waals surface area contributed by atoms with Crippen LogP contribution in [0.5, 0.6) is 0 Å². The topological polar surface area (TPSA) is 112 Å². The third-order valence-electron chi connectivity index (χ3n) is 7.35. The zero-order chi connectivity index (χ0) is 30.2. The first-order chi connectivity index (χ1) is 19.9. The third kappa shape index (κ3) is 6.28. The van der Waals surface area contributed by atoms with E-state index in [9.17, 15) is 32.3 Å². The van der Waals surface area contributed by atoms with Crippen LogP contribution in [0, 0.1) is 0 Å². The highest BCUT2D eigenvalue weighted by atomic mass is 35.5. The lowest BCUT2D eigenvalue weighted by Gasteiger charge is -2.22. The molecule has 1 amide bonds. The van der Waals surface area contributed by atoms with Crippen molar-refractivity contribution in [2.24, 2.45) is 0 Å². The van der Waals surface area contributed by atoms with Crippen LogP contribution in [-0.2, 0) is 31.8 Å². The van der Waals surface area contributed by atoms with Crippen molar-refractivity contribution in [1.29, 1.82) is 0 Å². The maximum atomic E-state index is 13.5. The van der Waals surface area contributed by atoms with Crippen molar-refractivity contribution in [1.82, 2.24) is 19.7 Å². The molecule has 1 N–H and O–H groups in total. The highest BCUT2D eigenvalue weighted by Gasteiger charge is 2.53. The van der Waals surface area contributed by atoms with Gasteiger partial charge in [0.05, 0.1) is 18.1 Å². The van der Waals surface area contributed by atoms with Crippen molar-refractivity contribution >= 4 is 29.3 Å². The number of hydrogen-bond donors (Lipinski definition) is 1. The van der Waals surface area contributed by atoms with Gasteiger partial charge in [-0.25, -0.2) is 14.3 Å². The van der Waals surface area contributed by atoms with Gasteiger partial charge in [-0.15, -0.1) is 5.10 Å². The lowest BCUT2D eigenvalue weighted by atomic mass is 9.91. The number of ether oxygens (including phenoxy) is 1. The number of Topliss-reactive ketones (excluding diaryl/α,β-unsaturated/α-hetero) is 1. The van der Waals surface area contributed by atoms with Gasteiger partial charge in [-0.05, 0) is 68.5 Å². The number of amides is 1. The van der Waals surface area contributed by atoms with Gasteiger partial charge in [0, 0.05) is 23.0 Å². The SMILES string of the molecule is CCOC(=O)C1(NC(=O)C(CC(=O)Cn2nc(-c3ccc(Cl)cc3)n(C3CC3)c2=O)c2cccc(C(F)(F)F)c2)CC1. The van der Waals surface area contributed by atoms with Crippen molar-refractivity contribution < 1.29 is 32.3 Å². The highest BCUT2D eigenvalue weighted by Crippen LogP contribution is 2.39. The molecule has 2 aromatic carbocycles. The molecule has 222 valence electrons. The molecule has 1 unspecified atom stereocenters. The highest BCUT2D eigenvalue weighted by molar-refractivity contribution is 6.30. The van der Waals surface area contributed by atoms with Crippen LogP contribution in [0.1, 0.15) is 62.1 Å². The molecule has 9 nitrogen and oxygen atoms in total. The minimum absolute atomic E-state index is 0.0481. The molecule has 2 aliphatic rings. The molecule has 42 heavy (non-hydrogen) atoms. The Morgan fingerprint density at radius 2 is 1.83 bits per heavy atom. The Morgan fingerprint density at radius 3 is 2.43 bits per heavy atom. The van der Waals surface area contributed by atoms with Crippen LogP contribution in [0.3, 0.4) is 0 Å². The van der Waals surface area contributed by atoms with E-state index in [-0.39, 0.29) is 18.2 Å². The number of carbonyl (C=O) groups excluding carboxylic acids is 3. The summed E-state index contributed by atoms with van der Waals surface area (Å²) in [4.78, 5) is 52.4. The molecule has 2 aliphatic carbocycles. The van der Waals surface area contributed by atoms with Crippen LogP contribution in [0.2, 0.25) is 5.02 Å². The van der Waals surface area contributed by atoms with Crippen molar-refractivity contribution in [2.75, 3.05) is 6.61 Å². The van der Waals surface area contributed by atoms with Crippen LogP contribution in [0.15, 0.2) is 53.3 Å². The number of esters is 1. The van der Waals surface area contributed by atoms with E-state index in [4.69, 9.17) is 16.3 Å². The van der Waals surface area contributed by atoms with Gasteiger partial charge in [0.25, 0.3) is 0 Å². The average Bonchev–Trinajstić information content (AvgIpc) is 3.88. The van der Waals surface area contributed by atoms with Gasteiger partial charge in [0.1, 0.15) is 12.1 Å². The summed E-state index contributed by atoms with van der Waals surface area (Å²) in [5, 5.41) is 7.50. The van der Waals surface area contributed by atoms with Gasteiger partial charge < -0.3 is 10.1 Å². The number of halogens is 4. The number of ketones is 1. The first-order valence-electron chi connectivity index (χ1n) is 13.6. The first-order valence-corrected chi connectivity index (χ1v) is 13.9. The standard InChI is InChI=1S/C29H28ClF3N4O5/c1-2-42-26(40)28(12-13-28)34-25(39)23(18-4-3-5-19(14-18)29(31,32)33)15-22(38)16-36-27(41)37(21-10-11-21)24(35-36)17-6-8-20(30)9-7-17/h3-9,14,21,23H,2,10-13,15-16H2,1H3,(H,34,39). The van der Waals surface area contributed by atoms with Crippen molar-refractivity contribution in [3.8, 4) is 11.4 Å². The minimum atomic E-state index is -4.68. The summed E-state index contributed by atoms with van der Waals surface area (Å²) in [6.45, 7) is 1.21. The number of benzene rings is 2. The Kier molecular flexibility index (Phi) is 8.02. The van der Waals surface area contributed by atoms with Crippen LogP contribution in [-0.4, -0.2) is 44.2 Å². The zero-order valence-electron chi connectivity index (χ0n) is 22.6. The fourth-order valence-corrected chi connectivity index (χ4v) is 4.96. The Hall–Kier alpha value is -3.93. The fourth-order valence-electron chi connectivity index (χ4n) is 4.83. The molecule has 1 aromatic heterocycles. The lowest BCUT2D eigenvalue weighted by Crippen LogP contribution is -2.46. The van der Waals surface area contributed by atoms with Gasteiger partial charge in [-0.1, -0.05) is 29.8 Å². The second-order valence-corrected chi connectivity index (χ2v) is 11.0. The molecular weight excluding hydrogens is 577 g/mol. The van der Waals surface area contributed by atoms with Crippen LogP contribution in [0.25, 0.3) is 11.4 Å². The summed E-state index contributed by atoms with van der Waals surface area (Å²) >= 11 is 6.00. The van der Waals surface area contributed by atoms with Crippen LogP contribution >= 0.6 is 11.6 Å². The van der Waals surface area contributed by atoms with E-state index >= 15 is 0 Å². The number of alkyl halides is 3. The van der Waals surface area contributed by atoms with E-state index in [1.807, 2.05) is 0 Å². The molecule has 2 fully saturated rings. The van der Waals surface area contributed by atoms with Crippen molar-refractivity contribution in [3.05, 3.63) is 75.2 Å². The number of nitrogens with one attached hydrogen (secondary N) is 1. The number of hydrogen-bond acceptors (Lipinski definition) is 6. The molecule has 0 aliphatic heterocycles. The predicted molar refractivity (Wildman–Crippen MR) is 146 cm³/mol. The number of nitrogens with zero attached hydrogens (tertiary/aromatic N) is 3. The molecule has 0 spiro atoms. The maximum absolute atomic E-state index is 13.5. The summed E-state index contributed by atoms with van der Waals surface area (Å²) in [5.74, 6) is -3.02. The smallest absolute Gasteiger partial charge is 0.416 e. The van der Waals surface area contributed by atoms with E-state index in [0.717, 1.165) is 35.7 Å². The van der Waals surface area contributed by atoms with Crippen molar-refractivity contribution in [3.63, 3.8) is 0 Å². The van der Waals surface area contributed by atoms with E-state index < -0.39 is 59.5 Å². The number of aromatic nitrogens is 3. The summed E-state index contributed by atoms with van der Waals surface area (Å²) in [6.07, 6.45) is -3.03. The monoisotopic (exact) mass is 604 g/mol. The van der Waals surface area contributed by atoms with E-state index in [2.05, 4.69) is 10.4 Å². The summed E-state index contributed by atoms with van der Waals surface area (Å²) < 4.78 is 48.0. The van der Waals surface area contributed by atoms with E-state index in [1.54, 1.807) is 31.2 Å². The van der Waals surface area contributed by atoms with Gasteiger partial charge >= 0.3 is 17.8 Å². The molecule has 1 heterocycles. The number of carbonyl (C=O) groups is 3. The Bertz CT molecular complexity index is 1570. The summed E-state index contributed by atoms with van der Waals surface area (Å²) in [6, 6.07) is 10.8. The quantitative estimate of drug-likeness (QED) is 0.318. The molecular formula is C29H28ClF3N4O5.